The molecule has 82 valence electrons. The van der Waals surface area contributed by atoms with Crippen molar-refractivity contribution in [3.05, 3.63) is 12.0 Å². The van der Waals surface area contributed by atoms with Gasteiger partial charge in [0.1, 0.15) is 5.69 Å². The average molecular weight is 210 g/mol. The maximum atomic E-state index is 11.5. The number of amides is 1. The van der Waals surface area contributed by atoms with E-state index in [4.69, 9.17) is 4.74 Å². The Morgan fingerprint density at radius 2 is 2.20 bits per heavy atom. The van der Waals surface area contributed by atoms with E-state index in [9.17, 15) is 4.79 Å². The van der Waals surface area contributed by atoms with Crippen LogP contribution in [-0.4, -0.2) is 49.0 Å². The van der Waals surface area contributed by atoms with E-state index in [0.29, 0.717) is 11.6 Å². The molecule has 0 unspecified atom stereocenters. The molecule has 6 heteroatoms. The van der Waals surface area contributed by atoms with Gasteiger partial charge in [0.2, 0.25) is 11.7 Å². The van der Waals surface area contributed by atoms with Crippen LogP contribution in [0, 0.1) is 0 Å². The SMILES string of the molecule is CNc1cnc(C(=O)N(C)C)nc1OC. The third-order valence-electron chi connectivity index (χ3n) is 1.81. The molecule has 0 aliphatic carbocycles. The lowest BCUT2D eigenvalue weighted by Crippen LogP contribution is -2.24. The molecule has 0 aliphatic heterocycles. The van der Waals surface area contributed by atoms with E-state index in [1.165, 1.54) is 18.2 Å². The Labute approximate surface area is 88.3 Å². The molecule has 1 rings (SSSR count). The lowest BCUT2D eigenvalue weighted by molar-refractivity contribution is 0.0815. The summed E-state index contributed by atoms with van der Waals surface area (Å²) in [6.45, 7) is 0. The molecule has 0 bridgehead atoms. The van der Waals surface area contributed by atoms with E-state index in [1.807, 2.05) is 0 Å². The van der Waals surface area contributed by atoms with Crippen LogP contribution in [0.5, 0.6) is 5.88 Å². The first-order valence-electron chi connectivity index (χ1n) is 4.40. The van der Waals surface area contributed by atoms with E-state index >= 15 is 0 Å². The summed E-state index contributed by atoms with van der Waals surface area (Å²) in [5.74, 6) is 0.226. The first-order valence-corrected chi connectivity index (χ1v) is 4.40. The normalized spacial score (nSPS) is 9.60. The summed E-state index contributed by atoms with van der Waals surface area (Å²) in [5, 5.41) is 2.87. The quantitative estimate of drug-likeness (QED) is 0.773. The highest BCUT2D eigenvalue weighted by Gasteiger charge is 2.14. The predicted octanol–water partition coefficient (Wildman–Crippen LogP) is 0.229. The van der Waals surface area contributed by atoms with Gasteiger partial charge in [-0.05, 0) is 0 Å². The van der Waals surface area contributed by atoms with E-state index in [1.54, 1.807) is 21.1 Å². The van der Waals surface area contributed by atoms with Crippen LogP contribution in [0.15, 0.2) is 6.20 Å². The Kier molecular flexibility index (Phi) is 3.43. The number of rotatable bonds is 3. The summed E-state index contributed by atoms with van der Waals surface area (Å²) in [6.07, 6.45) is 1.52. The molecule has 15 heavy (non-hydrogen) atoms. The van der Waals surface area contributed by atoms with Gasteiger partial charge >= 0.3 is 0 Å². The van der Waals surface area contributed by atoms with Crippen LogP contribution < -0.4 is 10.1 Å². The van der Waals surface area contributed by atoms with Gasteiger partial charge in [-0.2, -0.15) is 4.98 Å². The lowest BCUT2D eigenvalue weighted by Gasteiger charge is -2.11. The van der Waals surface area contributed by atoms with Crippen LogP contribution >= 0.6 is 0 Å². The highest BCUT2D eigenvalue weighted by Crippen LogP contribution is 2.19. The van der Waals surface area contributed by atoms with Crippen LogP contribution in [0.25, 0.3) is 0 Å². The van der Waals surface area contributed by atoms with Crippen LogP contribution in [-0.2, 0) is 0 Å². The van der Waals surface area contributed by atoms with E-state index in [0.717, 1.165) is 0 Å². The molecule has 1 aromatic rings. The van der Waals surface area contributed by atoms with E-state index in [2.05, 4.69) is 15.3 Å². The van der Waals surface area contributed by atoms with Crippen LogP contribution in [0.4, 0.5) is 5.69 Å². The number of ether oxygens (including phenoxy) is 1. The Hall–Kier alpha value is -1.85. The van der Waals surface area contributed by atoms with Crippen molar-refractivity contribution in [2.45, 2.75) is 0 Å². The molecule has 6 nitrogen and oxygen atoms in total. The van der Waals surface area contributed by atoms with Crippen molar-refractivity contribution in [2.75, 3.05) is 33.6 Å². The molecule has 1 aromatic heterocycles. The van der Waals surface area contributed by atoms with Crippen molar-refractivity contribution in [3.8, 4) is 5.88 Å². The van der Waals surface area contributed by atoms with Crippen LogP contribution in [0.1, 0.15) is 10.6 Å². The zero-order chi connectivity index (χ0) is 11.4. The van der Waals surface area contributed by atoms with Crippen molar-refractivity contribution in [1.82, 2.24) is 14.9 Å². The molecule has 1 heterocycles. The van der Waals surface area contributed by atoms with Gasteiger partial charge in [-0.15, -0.1) is 0 Å². The first-order chi connectivity index (χ1) is 7.10. The number of hydrogen-bond acceptors (Lipinski definition) is 5. The zero-order valence-corrected chi connectivity index (χ0v) is 9.24. The third-order valence-corrected chi connectivity index (χ3v) is 1.81. The Bertz CT molecular complexity index is 365. The monoisotopic (exact) mass is 210 g/mol. The Morgan fingerprint density at radius 1 is 1.53 bits per heavy atom. The molecule has 0 radical (unpaired) electrons. The molecule has 0 atom stereocenters. The molecule has 0 fully saturated rings. The summed E-state index contributed by atoms with van der Waals surface area (Å²) in [7, 11) is 6.51. The van der Waals surface area contributed by atoms with Gasteiger partial charge in [-0.3, -0.25) is 4.79 Å². The number of methoxy groups -OCH3 is 1. The predicted molar refractivity (Wildman–Crippen MR) is 56.1 cm³/mol. The fraction of sp³-hybridized carbons (Fsp3) is 0.444. The number of aromatic nitrogens is 2. The highest BCUT2D eigenvalue weighted by molar-refractivity contribution is 5.90. The fourth-order valence-corrected chi connectivity index (χ4v) is 0.996. The number of nitrogens with one attached hydrogen (secondary N) is 1. The van der Waals surface area contributed by atoms with Crippen molar-refractivity contribution < 1.29 is 9.53 Å². The van der Waals surface area contributed by atoms with Gasteiger partial charge in [0, 0.05) is 21.1 Å². The van der Waals surface area contributed by atoms with Gasteiger partial charge in [-0.25, -0.2) is 4.98 Å². The number of hydrogen-bond donors (Lipinski definition) is 1. The number of carbonyl (C=O) groups excluding carboxylic acids is 1. The smallest absolute Gasteiger partial charge is 0.291 e. The molecule has 0 saturated heterocycles. The van der Waals surface area contributed by atoms with Gasteiger partial charge < -0.3 is 15.0 Å². The standard InChI is InChI=1S/C9H14N4O2/c1-10-6-5-11-7(9(14)13(2)3)12-8(6)15-4/h5,10H,1-4H3. The summed E-state index contributed by atoms with van der Waals surface area (Å²) < 4.78 is 5.02. The zero-order valence-electron chi connectivity index (χ0n) is 9.24. The maximum absolute atomic E-state index is 11.5. The third kappa shape index (κ3) is 2.34. The number of carbonyl (C=O) groups is 1. The fourth-order valence-electron chi connectivity index (χ4n) is 0.996. The van der Waals surface area contributed by atoms with E-state index in [-0.39, 0.29) is 11.7 Å². The second kappa shape index (κ2) is 4.59. The Balaban J connectivity index is 3.08. The van der Waals surface area contributed by atoms with Crippen molar-refractivity contribution >= 4 is 11.6 Å². The van der Waals surface area contributed by atoms with Crippen LogP contribution in [0.2, 0.25) is 0 Å². The van der Waals surface area contributed by atoms with E-state index < -0.39 is 0 Å². The minimum Gasteiger partial charge on any atom is -0.479 e. The molecule has 0 aliphatic rings. The lowest BCUT2D eigenvalue weighted by atomic mass is 10.4. The van der Waals surface area contributed by atoms with Crippen molar-refractivity contribution in [2.24, 2.45) is 0 Å². The molecular formula is C9H14N4O2. The number of anilines is 1. The molecule has 1 amide bonds. The highest BCUT2D eigenvalue weighted by atomic mass is 16.5. The minimum absolute atomic E-state index is 0.121. The molecule has 0 aromatic carbocycles. The topological polar surface area (TPSA) is 67.4 Å². The molecule has 0 spiro atoms. The summed E-state index contributed by atoms with van der Waals surface area (Å²) in [5.41, 5.74) is 0.646. The van der Waals surface area contributed by atoms with Crippen molar-refractivity contribution in [1.29, 1.82) is 0 Å². The van der Waals surface area contributed by atoms with Crippen molar-refractivity contribution in [3.63, 3.8) is 0 Å². The molecule has 1 N–H and O–H groups in total. The van der Waals surface area contributed by atoms with Gasteiger partial charge in [0.25, 0.3) is 5.91 Å². The van der Waals surface area contributed by atoms with Gasteiger partial charge in [0.05, 0.1) is 13.3 Å². The van der Waals surface area contributed by atoms with Crippen LogP contribution in [0.3, 0.4) is 0 Å². The number of nitrogens with zero attached hydrogens (tertiary/aromatic N) is 3. The first kappa shape index (κ1) is 11.2. The maximum Gasteiger partial charge on any atom is 0.291 e. The average Bonchev–Trinajstić information content (AvgIpc) is 2.26. The minimum atomic E-state index is -0.254. The summed E-state index contributed by atoms with van der Waals surface area (Å²) in [4.78, 5) is 20.9. The van der Waals surface area contributed by atoms with Gasteiger partial charge in [0.15, 0.2) is 0 Å². The second-order valence-corrected chi connectivity index (χ2v) is 3.07. The second-order valence-electron chi connectivity index (χ2n) is 3.07. The summed E-state index contributed by atoms with van der Waals surface area (Å²) >= 11 is 0. The summed E-state index contributed by atoms with van der Waals surface area (Å²) in [6, 6.07) is 0. The largest absolute Gasteiger partial charge is 0.479 e. The molecular weight excluding hydrogens is 196 g/mol. The molecule has 0 saturated carbocycles. The Morgan fingerprint density at radius 3 is 2.67 bits per heavy atom. The van der Waals surface area contributed by atoms with Gasteiger partial charge in [-0.1, -0.05) is 0 Å².